The number of fused-ring (bicyclic) bond motifs is 8. The monoisotopic (exact) mass is 676 g/mol. The van der Waals surface area contributed by atoms with Gasteiger partial charge in [-0.2, -0.15) is 0 Å². The molecule has 0 saturated carbocycles. The number of hydrogen-bond acceptors (Lipinski definition) is 4. The predicted molar refractivity (Wildman–Crippen MR) is 169 cm³/mol. The fourth-order valence-corrected chi connectivity index (χ4v) is 5.77. The Balaban J connectivity index is 0.00000423. The smallest absolute Gasteiger partial charge is 0.303 e. The molecule has 0 fully saturated rings. The van der Waals surface area contributed by atoms with Gasteiger partial charge in [0.15, 0.2) is 0 Å². The van der Waals surface area contributed by atoms with Gasteiger partial charge in [-0.15, -0.1) is 0 Å². The van der Waals surface area contributed by atoms with Crippen LogP contribution in [0.15, 0.2) is 37.4 Å². The van der Waals surface area contributed by atoms with Crippen LogP contribution in [0.2, 0.25) is 0 Å². The number of allylic oxidation sites excluding steroid dienone is 4. The van der Waals surface area contributed by atoms with Crippen molar-refractivity contribution in [1.29, 1.82) is 0 Å². The van der Waals surface area contributed by atoms with Crippen molar-refractivity contribution >= 4 is 68.4 Å². The Morgan fingerprint density at radius 3 is 1.49 bits per heavy atom. The molecule has 3 aromatic rings. The molecule has 216 valence electrons. The zero-order valence-corrected chi connectivity index (χ0v) is 29.1. The molecule has 0 saturated heterocycles. The molecule has 2 aliphatic rings. The third-order valence-electron chi connectivity index (χ3n) is 8.22. The molecular weight excluding hydrogens is 641 g/mol. The molecule has 0 aliphatic carbocycles. The van der Waals surface area contributed by atoms with E-state index < -0.39 is 11.9 Å². The van der Waals surface area contributed by atoms with E-state index in [0.717, 1.165) is 78.0 Å². The second-order valence-electron chi connectivity index (χ2n) is 10.7. The van der Waals surface area contributed by atoms with Crippen LogP contribution in [0.3, 0.4) is 0 Å². The van der Waals surface area contributed by atoms with E-state index in [1.54, 1.807) is 0 Å². The predicted octanol–water partition coefficient (Wildman–Crippen LogP) is 7.81. The van der Waals surface area contributed by atoms with Crippen molar-refractivity contribution in [2.24, 2.45) is 0 Å². The number of aromatic amines is 2. The van der Waals surface area contributed by atoms with Crippen molar-refractivity contribution < 1.29 is 47.1 Å². The Kier molecular flexibility index (Phi) is 9.39. The van der Waals surface area contributed by atoms with E-state index in [2.05, 4.69) is 29.2 Å². The average molecular weight is 675 g/mol. The summed E-state index contributed by atoms with van der Waals surface area (Å²) < 4.78 is 0. The summed E-state index contributed by atoms with van der Waals surface area (Å²) >= 11 is 0. The number of carboxylic acids is 2. The first kappa shape index (κ1) is 31.9. The van der Waals surface area contributed by atoms with E-state index in [-0.39, 0.29) is 40.1 Å². The van der Waals surface area contributed by atoms with Gasteiger partial charge >= 0.3 is 11.9 Å². The molecule has 5 heterocycles. The van der Waals surface area contributed by atoms with Crippen LogP contribution in [0.4, 0.5) is 0 Å². The maximum absolute atomic E-state index is 11.5. The number of rotatable bonds is 8. The maximum Gasteiger partial charge on any atom is 0.303 e. The van der Waals surface area contributed by atoms with Crippen molar-refractivity contribution in [3.8, 4) is 0 Å². The van der Waals surface area contributed by atoms with Crippen LogP contribution in [-0.4, -0.2) is 42.1 Å². The summed E-state index contributed by atoms with van der Waals surface area (Å²) in [5.41, 5.74) is 13.7. The number of H-pyrrole nitrogens is 2. The fraction of sp³-hybridized carbons (Fsp3) is 0.235. The second kappa shape index (κ2) is 12.7. The van der Waals surface area contributed by atoms with Gasteiger partial charge in [0.25, 0.3) is 0 Å². The zero-order chi connectivity index (χ0) is 30.3. The van der Waals surface area contributed by atoms with E-state index in [4.69, 9.17) is 9.97 Å². The molecule has 0 aromatic carbocycles. The molecule has 0 amide bonds. The zero-order valence-electron chi connectivity index (χ0n) is 25.0. The molecule has 2 aliphatic heterocycles. The van der Waals surface area contributed by atoms with Gasteiger partial charge in [0.05, 0.1) is 22.8 Å². The quantitative estimate of drug-likeness (QED) is 0.180. The molecule has 5 rings (SSSR count). The van der Waals surface area contributed by atoms with Crippen molar-refractivity contribution in [3.05, 3.63) is 82.5 Å². The minimum absolute atomic E-state index is 0. The number of nitrogens with one attached hydrogen (secondary N) is 2. The molecule has 8 bridgehead atoms. The van der Waals surface area contributed by atoms with E-state index in [1.807, 2.05) is 58.0 Å². The van der Waals surface area contributed by atoms with Crippen LogP contribution in [0, 0.1) is 13.8 Å². The van der Waals surface area contributed by atoms with Gasteiger partial charge < -0.3 is 20.2 Å². The number of nitrogens with zero attached hydrogens (tertiary/aromatic N) is 2. The van der Waals surface area contributed by atoms with Crippen LogP contribution in [-0.2, 0) is 36.9 Å². The Hall–Kier alpha value is -4.06. The van der Waals surface area contributed by atoms with Crippen molar-refractivity contribution in [3.63, 3.8) is 0 Å². The first-order chi connectivity index (χ1) is 20.0. The molecule has 43 heavy (non-hydrogen) atoms. The summed E-state index contributed by atoms with van der Waals surface area (Å²) in [5, 5.41) is 18.9. The summed E-state index contributed by atoms with van der Waals surface area (Å²) in [6.45, 7) is 16.1. The van der Waals surface area contributed by atoms with Crippen LogP contribution < -0.4 is 0 Å². The molecule has 0 spiro atoms. The van der Waals surface area contributed by atoms with Crippen molar-refractivity contribution in [2.45, 2.75) is 53.4 Å². The van der Waals surface area contributed by atoms with Gasteiger partial charge in [-0.3, -0.25) is 9.59 Å². The molecule has 4 N–H and O–H groups in total. The fourth-order valence-electron chi connectivity index (χ4n) is 5.77. The summed E-state index contributed by atoms with van der Waals surface area (Å²) in [4.78, 5) is 40.0. The van der Waals surface area contributed by atoms with Gasteiger partial charge in [0.2, 0.25) is 0 Å². The summed E-state index contributed by atoms with van der Waals surface area (Å²) in [6, 6.07) is 7.88. The van der Waals surface area contributed by atoms with Crippen LogP contribution in [0.25, 0.3) is 56.5 Å². The number of aliphatic carboxylic acids is 2. The van der Waals surface area contributed by atoms with Gasteiger partial charge in [0, 0.05) is 73.3 Å². The van der Waals surface area contributed by atoms with Crippen LogP contribution in [0.1, 0.15) is 84.6 Å². The summed E-state index contributed by atoms with van der Waals surface area (Å²) in [6.07, 6.45) is 4.20. The average Bonchev–Trinajstić information content (AvgIpc) is 3.59. The standard InChI is InChI=1S/C34H34N4O4.Cd/c1-7-21-17(3)25-13-26-19(5)23(9-11-33(39)40)31(37-26)16-32-24(10-12-34(41)42)20(6)28(38-32)15-30-22(8-2)18(4)27(36-30)14-29(21)35-25;/h7-8,13-16,35-36H,1-2,9-12H2,3-6H3,(H,39,40)(H,41,42);. The van der Waals surface area contributed by atoms with Gasteiger partial charge in [-0.1, -0.05) is 25.3 Å². The largest absolute Gasteiger partial charge is 0.481 e. The van der Waals surface area contributed by atoms with E-state index >= 15 is 0 Å². The minimum Gasteiger partial charge on any atom is -0.481 e. The van der Waals surface area contributed by atoms with Gasteiger partial charge in [-0.05, 0) is 98.2 Å². The molecular formula is C34H34CdN4O4. The van der Waals surface area contributed by atoms with Gasteiger partial charge in [0.1, 0.15) is 0 Å². The third-order valence-corrected chi connectivity index (χ3v) is 8.22. The number of carbonyl (C=O) groups is 2. The number of hydrogen-bond donors (Lipinski definition) is 4. The Morgan fingerprint density at radius 1 is 0.674 bits per heavy atom. The first-order valence-corrected chi connectivity index (χ1v) is 13.9. The molecule has 8 nitrogen and oxygen atoms in total. The Bertz CT molecular complexity index is 1920. The van der Waals surface area contributed by atoms with Crippen molar-refractivity contribution in [1.82, 2.24) is 19.9 Å². The van der Waals surface area contributed by atoms with E-state index in [1.165, 1.54) is 0 Å². The summed E-state index contributed by atoms with van der Waals surface area (Å²) in [5.74, 6) is -1.78. The van der Waals surface area contributed by atoms with Crippen molar-refractivity contribution in [2.75, 3.05) is 0 Å². The summed E-state index contributed by atoms with van der Waals surface area (Å²) in [7, 11) is 0. The number of aromatic nitrogens is 4. The van der Waals surface area contributed by atoms with Gasteiger partial charge in [-0.25, -0.2) is 9.97 Å². The Morgan fingerprint density at radius 2 is 1.07 bits per heavy atom. The topological polar surface area (TPSA) is 132 Å². The van der Waals surface area contributed by atoms with Crippen LogP contribution in [0.5, 0.6) is 0 Å². The molecule has 0 unspecified atom stereocenters. The third kappa shape index (κ3) is 6.06. The van der Waals surface area contributed by atoms with Crippen LogP contribution >= 0.6 is 0 Å². The second-order valence-corrected chi connectivity index (χ2v) is 10.7. The normalized spacial score (nSPS) is 12.7. The van der Waals surface area contributed by atoms with E-state index in [9.17, 15) is 19.8 Å². The molecule has 0 radical (unpaired) electrons. The molecule has 0 atom stereocenters. The number of aryl methyl sites for hydroxylation is 2. The Labute approximate surface area is 270 Å². The van der Waals surface area contributed by atoms with E-state index in [0.29, 0.717) is 24.2 Å². The SMILES string of the molecule is C=Cc1c(C)c2cc3[nH]c(cc4nc(cc5nc(cc1[nH]2)C(C)=C5CCC(=O)O)C(CCC(=O)O)=C4C)c(C)c3C=C.[Cd]. The molecule has 9 heteroatoms. The minimum atomic E-state index is -0.889. The maximum atomic E-state index is 11.5. The number of carboxylic acid groups (broad SMARTS) is 2. The molecule has 3 aromatic heterocycles. The first-order valence-electron chi connectivity index (χ1n) is 13.9.